The van der Waals surface area contributed by atoms with E-state index in [0.717, 1.165) is 0 Å². The van der Waals surface area contributed by atoms with Gasteiger partial charge in [0.1, 0.15) is 5.82 Å². The van der Waals surface area contributed by atoms with E-state index in [9.17, 15) is 4.79 Å². The number of halogens is 1. The maximum Gasteiger partial charge on any atom is 0.278 e. The summed E-state index contributed by atoms with van der Waals surface area (Å²) in [5, 5.41) is 3.32. The van der Waals surface area contributed by atoms with Gasteiger partial charge in [0.05, 0.1) is 6.33 Å². The number of carbonyl (C=O) groups is 1. The highest BCUT2D eigenvalue weighted by Gasteiger charge is 2.15. The molecular weight excluding hydrogens is 252 g/mol. The molecule has 18 heavy (non-hydrogen) atoms. The molecule has 0 aliphatic carbocycles. The van der Waals surface area contributed by atoms with Crippen LogP contribution in [0, 0.1) is 0 Å². The number of imidazole rings is 1. The van der Waals surface area contributed by atoms with Gasteiger partial charge in [-0.15, -0.1) is 0 Å². The first-order chi connectivity index (χ1) is 8.61. The van der Waals surface area contributed by atoms with Gasteiger partial charge in [-0.25, -0.2) is 4.98 Å². The Morgan fingerprint density at radius 2 is 2.11 bits per heavy atom. The Morgan fingerprint density at radius 3 is 2.67 bits per heavy atom. The second kappa shape index (κ2) is 5.10. The normalized spacial score (nSPS) is 10.3. The van der Waals surface area contributed by atoms with E-state index in [4.69, 9.17) is 17.3 Å². The fourth-order valence-corrected chi connectivity index (χ4v) is 1.67. The van der Waals surface area contributed by atoms with Gasteiger partial charge in [-0.3, -0.25) is 4.79 Å². The fraction of sp³-hybridized carbons (Fsp3) is 0.167. The smallest absolute Gasteiger partial charge is 0.278 e. The molecule has 1 heterocycles. The van der Waals surface area contributed by atoms with Gasteiger partial charge < -0.3 is 15.6 Å². The van der Waals surface area contributed by atoms with E-state index in [1.54, 1.807) is 35.2 Å². The van der Waals surface area contributed by atoms with Crippen molar-refractivity contribution in [3.63, 3.8) is 0 Å². The van der Waals surface area contributed by atoms with E-state index in [1.165, 1.54) is 0 Å². The van der Waals surface area contributed by atoms with Gasteiger partial charge in [0.25, 0.3) is 5.91 Å². The van der Waals surface area contributed by atoms with E-state index in [2.05, 4.69) is 10.3 Å². The van der Waals surface area contributed by atoms with Crippen molar-refractivity contribution < 1.29 is 4.79 Å². The lowest BCUT2D eigenvalue weighted by molar-refractivity contribution is 0.102. The molecule has 0 bridgehead atoms. The van der Waals surface area contributed by atoms with Crippen molar-refractivity contribution in [1.29, 1.82) is 0 Å². The summed E-state index contributed by atoms with van der Waals surface area (Å²) in [7, 11) is 0. The van der Waals surface area contributed by atoms with Gasteiger partial charge in [0.15, 0.2) is 5.69 Å². The van der Waals surface area contributed by atoms with Crippen LogP contribution in [0.15, 0.2) is 30.6 Å². The summed E-state index contributed by atoms with van der Waals surface area (Å²) in [4.78, 5) is 15.9. The zero-order valence-electron chi connectivity index (χ0n) is 9.85. The summed E-state index contributed by atoms with van der Waals surface area (Å²) in [6.07, 6.45) is 1.55. The standard InChI is InChI=1S/C12H13ClN4O/c1-2-17-7-15-10(11(17)14)12(18)16-9-5-3-8(13)4-6-9/h3-7H,2,14H2,1H3,(H,16,18). The van der Waals surface area contributed by atoms with Crippen LogP contribution >= 0.6 is 11.6 Å². The number of hydrogen-bond donors (Lipinski definition) is 2. The van der Waals surface area contributed by atoms with Crippen LogP contribution in [0.25, 0.3) is 0 Å². The Bertz CT molecular complexity index is 562. The zero-order valence-corrected chi connectivity index (χ0v) is 10.6. The molecule has 5 nitrogen and oxygen atoms in total. The molecule has 2 aromatic rings. The topological polar surface area (TPSA) is 72.9 Å². The average molecular weight is 265 g/mol. The highest BCUT2D eigenvalue weighted by atomic mass is 35.5. The molecule has 2 rings (SSSR count). The molecule has 3 N–H and O–H groups in total. The molecule has 0 radical (unpaired) electrons. The number of benzene rings is 1. The van der Waals surface area contributed by atoms with Crippen molar-refractivity contribution >= 4 is 29.0 Å². The van der Waals surface area contributed by atoms with Crippen LogP contribution in [-0.2, 0) is 6.54 Å². The molecule has 0 aliphatic heterocycles. The van der Waals surface area contributed by atoms with Crippen LogP contribution in [0.4, 0.5) is 11.5 Å². The van der Waals surface area contributed by atoms with Crippen LogP contribution in [0.1, 0.15) is 17.4 Å². The molecule has 0 spiro atoms. The Hall–Kier alpha value is -2.01. The van der Waals surface area contributed by atoms with Gasteiger partial charge in [0.2, 0.25) is 0 Å². The molecule has 0 atom stereocenters. The summed E-state index contributed by atoms with van der Waals surface area (Å²) in [6, 6.07) is 6.83. The quantitative estimate of drug-likeness (QED) is 0.894. The van der Waals surface area contributed by atoms with Gasteiger partial charge in [-0.05, 0) is 31.2 Å². The largest absolute Gasteiger partial charge is 0.383 e. The SMILES string of the molecule is CCn1cnc(C(=O)Nc2ccc(Cl)cc2)c1N. The highest BCUT2D eigenvalue weighted by molar-refractivity contribution is 6.30. The van der Waals surface area contributed by atoms with Crippen molar-refractivity contribution in [2.45, 2.75) is 13.5 Å². The number of nitrogens with two attached hydrogens (primary N) is 1. The summed E-state index contributed by atoms with van der Waals surface area (Å²) >= 11 is 5.76. The van der Waals surface area contributed by atoms with Crippen molar-refractivity contribution in [2.24, 2.45) is 0 Å². The first kappa shape index (κ1) is 12.4. The molecule has 0 saturated heterocycles. The lowest BCUT2D eigenvalue weighted by Gasteiger charge is -2.04. The summed E-state index contributed by atoms with van der Waals surface area (Å²) < 4.78 is 1.71. The van der Waals surface area contributed by atoms with Gasteiger partial charge >= 0.3 is 0 Å². The van der Waals surface area contributed by atoms with E-state index in [0.29, 0.717) is 23.1 Å². The molecule has 0 saturated carbocycles. The number of hydrogen-bond acceptors (Lipinski definition) is 3. The number of nitrogens with one attached hydrogen (secondary N) is 1. The summed E-state index contributed by atoms with van der Waals surface area (Å²) in [5.74, 6) is 0.0333. The highest BCUT2D eigenvalue weighted by Crippen LogP contribution is 2.16. The minimum absolute atomic E-state index is 0.229. The van der Waals surface area contributed by atoms with Gasteiger partial charge in [-0.1, -0.05) is 11.6 Å². The first-order valence-electron chi connectivity index (χ1n) is 5.49. The number of anilines is 2. The fourth-order valence-electron chi connectivity index (χ4n) is 1.54. The molecule has 1 aromatic carbocycles. The molecule has 0 fully saturated rings. The molecular formula is C12H13ClN4O. The van der Waals surface area contributed by atoms with E-state index < -0.39 is 0 Å². The lowest BCUT2D eigenvalue weighted by Crippen LogP contribution is -2.15. The van der Waals surface area contributed by atoms with Crippen LogP contribution in [0.5, 0.6) is 0 Å². The van der Waals surface area contributed by atoms with Gasteiger partial charge in [-0.2, -0.15) is 0 Å². The predicted octanol–water partition coefficient (Wildman–Crippen LogP) is 2.39. The minimum atomic E-state index is -0.331. The second-order valence-electron chi connectivity index (χ2n) is 3.73. The Balaban J connectivity index is 2.16. The molecule has 6 heteroatoms. The number of rotatable bonds is 3. The Morgan fingerprint density at radius 1 is 1.44 bits per heavy atom. The van der Waals surface area contributed by atoms with Gasteiger partial charge in [0, 0.05) is 17.3 Å². The number of carbonyl (C=O) groups excluding carboxylic acids is 1. The first-order valence-corrected chi connectivity index (χ1v) is 5.87. The Kier molecular flexibility index (Phi) is 3.53. The maximum absolute atomic E-state index is 11.9. The molecule has 1 aromatic heterocycles. The number of aryl methyl sites for hydroxylation is 1. The minimum Gasteiger partial charge on any atom is -0.383 e. The summed E-state index contributed by atoms with van der Waals surface area (Å²) in [5.41, 5.74) is 6.69. The monoisotopic (exact) mass is 264 g/mol. The second-order valence-corrected chi connectivity index (χ2v) is 4.16. The zero-order chi connectivity index (χ0) is 13.1. The molecule has 0 unspecified atom stereocenters. The van der Waals surface area contributed by atoms with Crippen LogP contribution in [0.2, 0.25) is 5.02 Å². The number of amides is 1. The van der Waals surface area contributed by atoms with E-state index >= 15 is 0 Å². The van der Waals surface area contributed by atoms with E-state index in [1.807, 2.05) is 6.92 Å². The van der Waals surface area contributed by atoms with E-state index in [-0.39, 0.29) is 11.6 Å². The van der Waals surface area contributed by atoms with Crippen LogP contribution in [-0.4, -0.2) is 15.5 Å². The third-order valence-corrected chi connectivity index (χ3v) is 2.79. The third-order valence-electron chi connectivity index (χ3n) is 2.54. The van der Waals surface area contributed by atoms with Crippen molar-refractivity contribution in [3.8, 4) is 0 Å². The molecule has 1 amide bonds. The summed E-state index contributed by atoms with van der Waals surface area (Å²) in [6.45, 7) is 2.60. The number of aromatic nitrogens is 2. The van der Waals surface area contributed by atoms with Crippen LogP contribution in [0.3, 0.4) is 0 Å². The van der Waals surface area contributed by atoms with Crippen LogP contribution < -0.4 is 11.1 Å². The number of nitrogen functional groups attached to an aromatic ring is 1. The Labute approximate surface area is 110 Å². The van der Waals surface area contributed by atoms with Crippen molar-refractivity contribution in [2.75, 3.05) is 11.1 Å². The maximum atomic E-state index is 11.9. The lowest BCUT2D eigenvalue weighted by atomic mass is 10.3. The van der Waals surface area contributed by atoms with Crippen molar-refractivity contribution in [3.05, 3.63) is 41.3 Å². The predicted molar refractivity (Wildman–Crippen MR) is 71.7 cm³/mol. The average Bonchev–Trinajstić information content (AvgIpc) is 2.73. The molecule has 0 aliphatic rings. The van der Waals surface area contributed by atoms with Crippen molar-refractivity contribution in [1.82, 2.24) is 9.55 Å². The number of nitrogens with zero attached hydrogens (tertiary/aromatic N) is 2. The molecule has 94 valence electrons. The third kappa shape index (κ3) is 2.46.